The molecule has 25 heavy (non-hydrogen) atoms. The molecule has 0 heterocycles. The molecule has 2 rings (SSSR count). The summed E-state index contributed by atoms with van der Waals surface area (Å²) >= 11 is 1.89. The molecule has 0 fully saturated rings. The minimum atomic E-state index is -1.40. The molecule has 0 spiro atoms. The van der Waals surface area contributed by atoms with Crippen molar-refractivity contribution in [2.24, 2.45) is 0 Å². The minimum absolute atomic E-state index is 0.0101. The zero-order valence-electron chi connectivity index (χ0n) is 13.0. The number of nitro benzene ring substituents is 1. The van der Waals surface area contributed by atoms with Gasteiger partial charge in [-0.25, -0.2) is 13.2 Å². The van der Waals surface area contributed by atoms with E-state index in [1.807, 2.05) is 22.6 Å². The molecule has 9 heteroatoms. The van der Waals surface area contributed by atoms with Crippen LogP contribution >= 0.6 is 22.6 Å². The van der Waals surface area contributed by atoms with Gasteiger partial charge in [0.25, 0.3) is 0 Å². The van der Waals surface area contributed by atoms with Gasteiger partial charge in [0, 0.05) is 23.2 Å². The van der Waals surface area contributed by atoms with E-state index in [0.29, 0.717) is 9.64 Å². The van der Waals surface area contributed by atoms with Crippen molar-refractivity contribution in [2.45, 2.75) is 6.42 Å². The first kappa shape index (κ1) is 19.4. The topological polar surface area (TPSA) is 61.6 Å². The highest BCUT2D eigenvalue weighted by atomic mass is 127. The van der Waals surface area contributed by atoms with E-state index in [4.69, 9.17) is 9.47 Å². The van der Waals surface area contributed by atoms with Crippen molar-refractivity contribution >= 4 is 28.3 Å². The summed E-state index contributed by atoms with van der Waals surface area (Å²) in [6.07, 6.45) is -0.483. The molecule has 0 saturated heterocycles. The van der Waals surface area contributed by atoms with Crippen LogP contribution in [0.25, 0.3) is 0 Å². The molecule has 0 unspecified atom stereocenters. The van der Waals surface area contributed by atoms with Crippen molar-refractivity contribution in [1.29, 1.82) is 0 Å². The molecule has 0 N–H and O–H groups in total. The smallest absolute Gasteiger partial charge is 0.317 e. The van der Waals surface area contributed by atoms with Crippen molar-refractivity contribution in [3.8, 4) is 5.75 Å². The van der Waals surface area contributed by atoms with Crippen molar-refractivity contribution in [1.82, 2.24) is 0 Å². The summed E-state index contributed by atoms with van der Waals surface area (Å²) in [6, 6.07) is 4.75. The first-order valence-corrected chi connectivity index (χ1v) is 8.14. The molecule has 0 aliphatic rings. The molecule has 5 nitrogen and oxygen atoms in total. The maximum absolute atomic E-state index is 14.2. The maximum atomic E-state index is 14.2. The second-order valence-corrected chi connectivity index (χ2v) is 6.25. The number of nitrogens with zero attached hydrogens (tertiary/aromatic N) is 1. The molecule has 0 aliphatic heterocycles. The number of nitro groups is 1. The van der Waals surface area contributed by atoms with Crippen LogP contribution in [-0.4, -0.2) is 25.2 Å². The SMILES string of the molecule is COCCOc1cc(F)c(F)c(Cc2ccc(I)cc2F)c1[N+](=O)[O-]. The second kappa shape index (κ2) is 8.48. The zero-order valence-corrected chi connectivity index (χ0v) is 15.2. The lowest BCUT2D eigenvalue weighted by atomic mass is 10.0. The Balaban J connectivity index is 2.52. The van der Waals surface area contributed by atoms with Crippen LogP contribution in [0.15, 0.2) is 24.3 Å². The highest BCUT2D eigenvalue weighted by Gasteiger charge is 2.29. The third-order valence-corrected chi connectivity index (χ3v) is 4.03. The fourth-order valence-corrected chi connectivity index (χ4v) is 2.66. The van der Waals surface area contributed by atoms with Gasteiger partial charge < -0.3 is 9.47 Å². The summed E-state index contributed by atoms with van der Waals surface area (Å²) in [6.45, 7) is 0.0248. The van der Waals surface area contributed by atoms with E-state index in [2.05, 4.69) is 0 Å². The largest absolute Gasteiger partial charge is 0.484 e. The summed E-state index contributed by atoms with van der Waals surface area (Å²) in [5.74, 6) is -3.80. The van der Waals surface area contributed by atoms with Gasteiger partial charge in [0.2, 0.25) is 5.75 Å². The first-order valence-electron chi connectivity index (χ1n) is 7.06. The Morgan fingerprint density at radius 3 is 2.48 bits per heavy atom. The number of rotatable bonds is 7. The van der Waals surface area contributed by atoms with E-state index in [0.717, 1.165) is 0 Å². The molecule has 0 atom stereocenters. The quantitative estimate of drug-likeness (QED) is 0.265. The van der Waals surface area contributed by atoms with E-state index in [9.17, 15) is 23.3 Å². The average Bonchev–Trinajstić information content (AvgIpc) is 2.54. The van der Waals surface area contributed by atoms with Gasteiger partial charge in [-0.15, -0.1) is 0 Å². The molecule has 2 aromatic carbocycles. The molecule has 2 aromatic rings. The Morgan fingerprint density at radius 1 is 1.16 bits per heavy atom. The van der Waals surface area contributed by atoms with Gasteiger partial charge in [0.1, 0.15) is 12.4 Å². The molecule has 0 saturated carbocycles. The summed E-state index contributed by atoms with van der Waals surface area (Å²) < 4.78 is 52.6. The fourth-order valence-electron chi connectivity index (χ4n) is 2.21. The van der Waals surface area contributed by atoms with Gasteiger partial charge in [-0.2, -0.15) is 0 Å². The lowest BCUT2D eigenvalue weighted by Crippen LogP contribution is -2.10. The van der Waals surface area contributed by atoms with E-state index >= 15 is 0 Å². The average molecular weight is 467 g/mol. The molecule has 0 aromatic heterocycles. The van der Waals surface area contributed by atoms with Crippen molar-refractivity contribution in [2.75, 3.05) is 20.3 Å². The molecule has 134 valence electrons. The van der Waals surface area contributed by atoms with Gasteiger partial charge in [0.05, 0.1) is 17.1 Å². The van der Waals surface area contributed by atoms with Crippen LogP contribution in [0.3, 0.4) is 0 Å². The van der Waals surface area contributed by atoms with Crippen LogP contribution in [0.2, 0.25) is 0 Å². The number of hydrogen-bond acceptors (Lipinski definition) is 4. The first-order chi connectivity index (χ1) is 11.8. The molecule has 0 bridgehead atoms. The van der Waals surface area contributed by atoms with Crippen LogP contribution in [0.5, 0.6) is 5.75 Å². The van der Waals surface area contributed by atoms with Gasteiger partial charge in [-0.05, 0) is 40.3 Å². The van der Waals surface area contributed by atoms with Crippen molar-refractivity contribution in [3.63, 3.8) is 0 Å². The lowest BCUT2D eigenvalue weighted by Gasteiger charge is -2.12. The van der Waals surface area contributed by atoms with E-state index in [1.165, 1.54) is 19.2 Å². The zero-order chi connectivity index (χ0) is 18.6. The Kier molecular flexibility index (Phi) is 6.59. The second-order valence-electron chi connectivity index (χ2n) is 5.01. The predicted molar refractivity (Wildman–Crippen MR) is 92.3 cm³/mol. The van der Waals surface area contributed by atoms with Gasteiger partial charge in [-0.3, -0.25) is 10.1 Å². The fraction of sp³-hybridized carbons (Fsp3) is 0.250. The number of halogens is 4. The highest BCUT2D eigenvalue weighted by molar-refractivity contribution is 14.1. The van der Waals surface area contributed by atoms with Gasteiger partial charge >= 0.3 is 5.69 Å². The third-order valence-electron chi connectivity index (χ3n) is 3.36. The Morgan fingerprint density at radius 2 is 1.88 bits per heavy atom. The number of methoxy groups -OCH3 is 1. The van der Waals surface area contributed by atoms with Crippen molar-refractivity contribution < 1.29 is 27.6 Å². The molecular formula is C16H13F3INO4. The van der Waals surface area contributed by atoms with Crippen LogP contribution in [0, 0.1) is 31.1 Å². The van der Waals surface area contributed by atoms with Crippen LogP contribution in [0.4, 0.5) is 18.9 Å². The third kappa shape index (κ3) is 4.60. The van der Waals surface area contributed by atoms with E-state index in [1.54, 1.807) is 6.07 Å². The number of benzene rings is 2. The Hall–Kier alpha value is -1.88. The number of hydrogen-bond donors (Lipinski definition) is 0. The minimum Gasteiger partial charge on any atom is -0.484 e. The summed E-state index contributed by atoms with van der Waals surface area (Å²) in [5.41, 5.74) is -1.29. The van der Waals surface area contributed by atoms with Gasteiger partial charge in [-0.1, -0.05) is 6.07 Å². The number of ether oxygens (including phenoxy) is 2. The standard InChI is InChI=1S/C16H13F3INO4/c1-24-4-5-25-14-8-13(18)15(19)11(16(14)21(22)23)6-9-2-3-10(20)7-12(9)17/h2-3,7-8H,4-6H2,1H3. The normalized spacial score (nSPS) is 10.8. The van der Waals surface area contributed by atoms with Crippen molar-refractivity contribution in [3.05, 3.63) is 66.5 Å². The molecular weight excluding hydrogens is 454 g/mol. The van der Waals surface area contributed by atoms with Crippen LogP contribution in [-0.2, 0) is 11.2 Å². The maximum Gasteiger partial charge on any atom is 0.317 e. The summed E-state index contributed by atoms with van der Waals surface area (Å²) in [7, 11) is 1.40. The van der Waals surface area contributed by atoms with Gasteiger partial charge in [0.15, 0.2) is 11.6 Å². The van der Waals surface area contributed by atoms with E-state index in [-0.39, 0.29) is 18.8 Å². The summed E-state index contributed by atoms with van der Waals surface area (Å²) in [5, 5.41) is 11.4. The monoisotopic (exact) mass is 467 g/mol. The molecule has 0 aliphatic carbocycles. The molecule has 0 radical (unpaired) electrons. The Bertz CT molecular complexity index is 801. The van der Waals surface area contributed by atoms with Crippen LogP contribution in [0.1, 0.15) is 11.1 Å². The van der Waals surface area contributed by atoms with E-state index < -0.39 is 45.8 Å². The lowest BCUT2D eigenvalue weighted by molar-refractivity contribution is -0.386. The van der Waals surface area contributed by atoms with Crippen LogP contribution < -0.4 is 4.74 Å². The summed E-state index contributed by atoms with van der Waals surface area (Å²) in [4.78, 5) is 10.5. The Labute approximate surface area is 155 Å². The molecule has 0 amide bonds. The predicted octanol–water partition coefficient (Wildman–Crippen LogP) is 4.23. The highest BCUT2D eigenvalue weighted by Crippen LogP contribution is 2.36.